The summed E-state index contributed by atoms with van der Waals surface area (Å²) in [4.78, 5) is 13.0. The fourth-order valence-electron chi connectivity index (χ4n) is 1.87. The van der Waals surface area contributed by atoms with Crippen LogP contribution in [0, 0.1) is 5.92 Å². The zero-order valence-electron chi connectivity index (χ0n) is 8.29. The Labute approximate surface area is 78.9 Å². The fourth-order valence-corrected chi connectivity index (χ4v) is 1.87. The molecule has 4 nitrogen and oxygen atoms in total. The molecule has 1 aliphatic heterocycles. The van der Waals surface area contributed by atoms with E-state index in [4.69, 9.17) is 5.11 Å². The van der Waals surface area contributed by atoms with Crippen LogP contribution in [0.4, 0.5) is 0 Å². The number of aliphatic carboxylic acids is 1. The van der Waals surface area contributed by atoms with Gasteiger partial charge in [0.05, 0.1) is 5.92 Å². The second-order valence-corrected chi connectivity index (χ2v) is 3.66. The van der Waals surface area contributed by atoms with Crippen molar-refractivity contribution in [3.63, 3.8) is 0 Å². The van der Waals surface area contributed by atoms with E-state index in [0.717, 1.165) is 19.5 Å². The molecule has 0 bridgehead atoms. The van der Waals surface area contributed by atoms with Crippen molar-refractivity contribution in [2.75, 3.05) is 26.7 Å². The number of nitrogens with zero attached hydrogens (tertiary/aromatic N) is 1. The third-order valence-electron chi connectivity index (χ3n) is 2.60. The molecule has 2 N–H and O–H groups in total. The van der Waals surface area contributed by atoms with E-state index in [9.17, 15) is 4.79 Å². The number of hydrogen-bond acceptors (Lipinski definition) is 3. The molecule has 0 amide bonds. The first kappa shape index (κ1) is 10.5. The van der Waals surface area contributed by atoms with Gasteiger partial charge in [0.2, 0.25) is 0 Å². The normalized spacial score (nSPS) is 30.3. The maximum atomic E-state index is 10.9. The van der Waals surface area contributed by atoms with Crippen molar-refractivity contribution >= 4 is 5.97 Å². The van der Waals surface area contributed by atoms with Crippen LogP contribution in [0.3, 0.4) is 0 Å². The van der Waals surface area contributed by atoms with Crippen LogP contribution in [0.5, 0.6) is 0 Å². The number of piperidine rings is 1. The number of carbonyl (C=O) groups is 1. The van der Waals surface area contributed by atoms with Crippen LogP contribution in [0.15, 0.2) is 0 Å². The lowest BCUT2D eigenvalue weighted by atomic mass is 9.92. The first-order chi connectivity index (χ1) is 6.15. The van der Waals surface area contributed by atoms with Gasteiger partial charge in [-0.05, 0) is 26.6 Å². The molecule has 1 saturated heterocycles. The van der Waals surface area contributed by atoms with Gasteiger partial charge in [0, 0.05) is 12.6 Å². The van der Waals surface area contributed by atoms with Crippen LogP contribution in [-0.4, -0.2) is 48.7 Å². The highest BCUT2D eigenvalue weighted by atomic mass is 16.4. The molecule has 2 atom stereocenters. The van der Waals surface area contributed by atoms with Gasteiger partial charge in [-0.25, -0.2) is 0 Å². The Morgan fingerprint density at radius 1 is 1.69 bits per heavy atom. The largest absolute Gasteiger partial charge is 0.481 e. The molecule has 0 aliphatic carbocycles. The van der Waals surface area contributed by atoms with Crippen LogP contribution in [-0.2, 0) is 4.79 Å². The predicted molar refractivity (Wildman–Crippen MR) is 50.7 cm³/mol. The average Bonchev–Trinajstić information content (AvgIpc) is 2.08. The topological polar surface area (TPSA) is 52.6 Å². The second-order valence-electron chi connectivity index (χ2n) is 3.66. The summed E-state index contributed by atoms with van der Waals surface area (Å²) >= 11 is 0. The van der Waals surface area contributed by atoms with E-state index in [1.165, 1.54) is 0 Å². The maximum absolute atomic E-state index is 10.9. The number of nitrogens with one attached hydrogen (secondary N) is 1. The molecule has 1 fully saturated rings. The first-order valence-electron chi connectivity index (χ1n) is 4.80. The summed E-state index contributed by atoms with van der Waals surface area (Å²) in [5.74, 6) is -0.934. The summed E-state index contributed by atoms with van der Waals surface area (Å²) in [5, 5.41) is 12.2. The molecule has 13 heavy (non-hydrogen) atoms. The van der Waals surface area contributed by atoms with Gasteiger partial charge in [-0.3, -0.25) is 4.79 Å². The summed E-state index contributed by atoms with van der Waals surface area (Å²) in [6.07, 6.45) is 0.932. The van der Waals surface area contributed by atoms with Crippen LogP contribution >= 0.6 is 0 Å². The van der Waals surface area contributed by atoms with Gasteiger partial charge < -0.3 is 15.3 Å². The standard InChI is InChI=1S/C9H18N2O2/c1-3-10-8-4-5-11(2)6-7(8)9(12)13/h7-8,10H,3-6H2,1-2H3,(H,12,13). The molecule has 1 rings (SSSR count). The van der Waals surface area contributed by atoms with Crippen molar-refractivity contribution < 1.29 is 9.90 Å². The lowest BCUT2D eigenvalue weighted by Crippen LogP contribution is -2.51. The predicted octanol–water partition coefficient (Wildman–Crippen LogP) is 0.000800. The van der Waals surface area contributed by atoms with Gasteiger partial charge in [0.25, 0.3) is 0 Å². The Balaban J connectivity index is 2.55. The molecule has 4 heteroatoms. The molecule has 1 aliphatic rings. The minimum atomic E-state index is -0.683. The van der Waals surface area contributed by atoms with Crippen LogP contribution in [0.2, 0.25) is 0 Å². The number of rotatable bonds is 3. The minimum absolute atomic E-state index is 0.152. The van der Waals surface area contributed by atoms with Crippen LogP contribution < -0.4 is 5.32 Å². The number of hydrogen-bond donors (Lipinski definition) is 2. The maximum Gasteiger partial charge on any atom is 0.309 e. The Bertz CT molecular complexity index is 184. The highest BCUT2D eigenvalue weighted by molar-refractivity contribution is 5.71. The summed E-state index contributed by atoms with van der Waals surface area (Å²) in [5.41, 5.74) is 0. The van der Waals surface area contributed by atoms with E-state index in [1.54, 1.807) is 0 Å². The third-order valence-corrected chi connectivity index (χ3v) is 2.60. The van der Waals surface area contributed by atoms with E-state index in [1.807, 2.05) is 14.0 Å². The molecule has 0 aromatic heterocycles. The molecular weight excluding hydrogens is 168 g/mol. The first-order valence-corrected chi connectivity index (χ1v) is 4.80. The lowest BCUT2D eigenvalue weighted by Gasteiger charge is -2.34. The lowest BCUT2D eigenvalue weighted by molar-refractivity contribution is -0.144. The van der Waals surface area contributed by atoms with Crippen LogP contribution in [0.1, 0.15) is 13.3 Å². The van der Waals surface area contributed by atoms with Crippen molar-refractivity contribution in [1.29, 1.82) is 0 Å². The second kappa shape index (κ2) is 4.58. The number of likely N-dealkylation sites (tertiary alicyclic amines) is 1. The zero-order valence-corrected chi connectivity index (χ0v) is 8.29. The van der Waals surface area contributed by atoms with Gasteiger partial charge in [0.15, 0.2) is 0 Å². The minimum Gasteiger partial charge on any atom is -0.481 e. The Kier molecular flexibility index (Phi) is 3.69. The molecule has 1 heterocycles. The third kappa shape index (κ3) is 2.67. The Hall–Kier alpha value is -0.610. The molecule has 76 valence electrons. The Morgan fingerprint density at radius 3 is 2.92 bits per heavy atom. The van der Waals surface area contributed by atoms with Crippen molar-refractivity contribution in [2.45, 2.75) is 19.4 Å². The molecule has 0 radical (unpaired) electrons. The van der Waals surface area contributed by atoms with E-state index in [2.05, 4.69) is 10.2 Å². The van der Waals surface area contributed by atoms with Crippen molar-refractivity contribution in [2.24, 2.45) is 5.92 Å². The van der Waals surface area contributed by atoms with E-state index in [0.29, 0.717) is 6.54 Å². The van der Waals surface area contributed by atoms with Gasteiger partial charge in [-0.15, -0.1) is 0 Å². The average molecular weight is 186 g/mol. The van der Waals surface area contributed by atoms with Crippen molar-refractivity contribution in [1.82, 2.24) is 10.2 Å². The van der Waals surface area contributed by atoms with E-state index < -0.39 is 5.97 Å². The summed E-state index contributed by atoms with van der Waals surface area (Å²) in [6, 6.07) is 0.152. The summed E-state index contributed by atoms with van der Waals surface area (Å²) in [6.45, 7) is 4.50. The summed E-state index contributed by atoms with van der Waals surface area (Å²) < 4.78 is 0. The summed E-state index contributed by atoms with van der Waals surface area (Å²) in [7, 11) is 1.97. The van der Waals surface area contributed by atoms with Gasteiger partial charge in [-0.2, -0.15) is 0 Å². The molecular formula is C9H18N2O2. The molecule has 0 aromatic carbocycles. The van der Waals surface area contributed by atoms with Crippen molar-refractivity contribution in [3.8, 4) is 0 Å². The molecule has 0 spiro atoms. The smallest absolute Gasteiger partial charge is 0.309 e. The fraction of sp³-hybridized carbons (Fsp3) is 0.889. The quantitative estimate of drug-likeness (QED) is 0.651. The van der Waals surface area contributed by atoms with E-state index in [-0.39, 0.29) is 12.0 Å². The molecule has 0 saturated carbocycles. The highest BCUT2D eigenvalue weighted by Crippen LogP contribution is 2.16. The van der Waals surface area contributed by atoms with Gasteiger partial charge >= 0.3 is 5.97 Å². The number of carboxylic acids is 1. The SMILES string of the molecule is CCNC1CCN(C)CC1C(=O)O. The molecule has 2 unspecified atom stereocenters. The molecule has 0 aromatic rings. The zero-order chi connectivity index (χ0) is 9.84. The van der Waals surface area contributed by atoms with Gasteiger partial charge in [0.1, 0.15) is 0 Å². The van der Waals surface area contributed by atoms with E-state index >= 15 is 0 Å². The highest BCUT2D eigenvalue weighted by Gasteiger charge is 2.32. The van der Waals surface area contributed by atoms with Gasteiger partial charge in [-0.1, -0.05) is 6.92 Å². The number of carboxylic acid groups (broad SMARTS) is 1. The Morgan fingerprint density at radius 2 is 2.38 bits per heavy atom. The monoisotopic (exact) mass is 186 g/mol. The van der Waals surface area contributed by atoms with Crippen LogP contribution in [0.25, 0.3) is 0 Å². The van der Waals surface area contributed by atoms with Crippen molar-refractivity contribution in [3.05, 3.63) is 0 Å².